The molecule has 0 amide bonds. The van der Waals surface area contributed by atoms with Crippen LogP contribution in [0.1, 0.15) is 38.6 Å². The SMILES string of the molecule is CCc1cc(CN2CCCNC(C)C2)n(CC)n1. The van der Waals surface area contributed by atoms with Crippen molar-refractivity contribution >= 4 is 0 Å². The van der Waals surface area contributed by atoms with Crippen LogP contribution in [0.5, 0.6) is 0 Å². The second kappa shape index (κ2) is 6.34. The molecule has 4 heteroatoms. The Morgan fingerprint density at radius 1 is 1.44 bits per heavy atom. The maximum Gasteiger partial charge on any atom is 0.0625 e. The summed E-state index contributed by atoms with van der Waals surface area (Å²) in [4.78, 5) is 2.55. The van der Waals surface area contributed by atoms with Crippen LogP contribution in [0.4, 0.5) is 0 Å². The van der Waals surface area contributed by atoms with Crippen molar-refractivity contribution in [2.75, 3.05) is 19.6 Å². The maximum absolute atomic E-state index is 4.63. The molecule has 0 aliphatic carbocycles. The van der Waals surface area contributed by atoms with Gasteiger partial charge in [-0.15, -0.1) is 0 Å². The van der Waals surface area contributed by atoms with E-state index in [1.54, 1.807) is 0 Å². The molecule has 1 N–H and O–H groups in total. The van der Waals surface area contributed by atoms with Crippen LogP contribution in [0, 0.1) is 0 Å². The van der Waals surface area contributed by atoms with E-state index in [4.69, 9.17) is 0 Å². The molecule has 1 aromatic rings. The largest absolute Gasteiger partial charge is 0.313 e. The molecule has 1 unspecified atom stereocenters. The lowest BCUT2D eigenvalue weighted by Crippen LogP contribution is -2.35. The normalized spacial score (nSPS) is 22.1. The number of aromatic nitrogens is 2. The van der Waals surface area contributed by atoms with Gasteiger partial charge in [-0.3, -0.25) is 9.58 Å². The highest BCUT2D eigenvalue weighted by atomic mass is 15.3. The Balaban J connectivity index is 2.04. The van der Waals surface area contributed by atoms with Gasteiger partial charge in [0.05, 0.1) is 11.4 Å². The van der Waals surface area contributed by atoms with Crippen LogP contribution in [0.25, 0.3) is 0 Å². The molecule has 0 spiro atoms. The molecule has 1 atom stereocenters. The summed E-state index contributed by atoms with van der Waals surface area (Å²) in [7, 11) is 0. The number of aryl methyl sites for hydroxylation is 2. The highest BCUT2D eigenvalue weighted by molar-refractivity contribution is 5.10. The number of hydrogen-bond donors (Lipinski definition) is 1. The molecule has 18 heavy (non-hydrogen) atoms. The molecule has 1 fully saturated rings. The average molecular weight is 250 g/mol. The zero-order valence-electron chi connectivity index (χ0n) is 11.9. The van der Waals surface area contributed by atoms with Crippen LogP contribution in [0.15, 0.2) is 6.07 Å². The monoisotopic (exact) mass is 250 g/mol. The van der Waals surface area contributed by atoms with E-state index in [-0.39, 0.29) is 0 Å². The predicted molar refractivity (Wildman–Crippen MR) is 74.6 cm³/mol. The maximum atomic E-state index is 4.63. The quantitative estimate of drug-likeness (QED) is 0.882. The highest BCUT2D eigenvalue weighted by Gasteiger charge is 2.16. The van der Waals surface area contributed by atoms with E-state index in [2.05, 4.69) is 46.8 Å². The third kappa shape index (κ3) is 3.33. The van der Waals surface area contributed by atoms with E-state index in [9.17, 15) is 0 Å². The second-order valence-electron chi connectivity index (χ2n) is 5.24. The fourth-order valence-electron chi connectivity index (χ4n) is 2.66. The van der Waals surface area contributed by atoms with E-state index in [1.807, 2.05) is 0 Å². The Morgan fingerprint density at radius 3 is 3.00 bits per heavy atom. The minimum absolute atomic E-state index is 0.594. The van der Waals surface area contributed by atoms with Gasteiger partial charge in [0.25, 0.3) is 0 Å². The first-order valence-corrected chi connectivity index (χ1v) is 7.24. The van der Waals surface area contributed by atoms with Crippen molar-refractivity contribution in [3.63, 3.8) is 0 Å². The molecular formula is C14H26N4. The van der Waals surface area contributed by atoms with E-state index in [0.717, 1.165) is 32.6 Å². The van der Waals surface area contributed by atoms with Crippen molar-refractivity contribution < 1.29 is 0 Å². The molecule has 2 heterocycles. The van der Waals surface area contributed by atoms with E-state index in [1.165, 1.54) is 24.4 Å². The van der Waals surface area contributed by atoms with Gasteiger partial charge in [-0.2, -0.15) is 5.10 Å². The number of rotatable bonds is 4. The Hall–Kier alpha value is -0.870. The molecule has 102 valence electrons. The van der Waals surface area contributed by atoms with Crippen LogP contribution < -0.4 is 5.32 Å². The van der Waals surface area contributed by atoms with Crippen molar-refractivity contribution in [3.8, 4) is 0 Å². The highest BCUT2D eigenvalue weighted by Crippen LogP contribution is 2.11. The smallest absolute Gasteiger partial charge is 0.0625 e. The fraction of sp³-hybridized carbons (Fsp3) is 0.786. The molecule has 1 aliphatic rings. The summed E-state index contributed by atoms with van der Waals surface area (Å²) in [5.74, 6) is 0. The molecule has 1 aromatic heterocycles. The van der Waals surface area contributed by atoms with Crippen molar-refractivity contribution in [2.45, 2.75) is 52.7 Å². The van der Waals surface area contributed by atoms with E-state index in [0.29, 0.717) is 6.04 Å². The number of hydrogen-bond acceptors (Lipinski definition) is 3. The lowest BCUT2D eigenvalue weighted by molar-refractivity contribution is 0.256. The summed E-state index contributed by atoms with van der Waals surface area (Å²) >= 11 is 0. The molecule has 0 saturated carbocycles. The number of nitrogens with one attached hydrogen (secondary N) is 1. The molecule has 2 rings (SSSR count). The van der Waals surface area contributed by atoms with Crippen LogP contribution in [0.3, 0.4) is 0 Å². The molecule has 0 aromatic carbocycles. The van der Waals surface area contributed by atoms with Crippen LogP contribution in [-0.4, -0.2) is 40.4 Å². The van der Waals surface area contributed by atoms with Crippen LogP contribution in [-0.2, 0) is 19.5 Å². The predicted octanol–water partition coefficient (Wildman–Crippen LogP) is 1.65. The summed E-state index contributed by atoms with van der Waals surface area (Å²) in [5.41, 5.74) is 2.58. The van der Waals surface area contributed by atoms with Crippen molar-refractivity contribution in [3.05, 3.63) is 17.5 Å². The molecule has 0 radical (unpaired) electrons. The first kappa shape index (κ1) is 13.6. The van der Waals surface area contributed by atoms with Gasteiger partial charge in [-0.1, -0.05) is 6.92 Å². The zero-order valence-corrected chi connectivity index (χ0v) is 11.9. The first-order valence-electron chi connectivity index (χ1n) is 7.24. The third-order valence-electron chi connectivity index (χ3n) is 3.64. The lowest BCUT2D eigenvalue weighted by Gasteiger charge is -2.22. The zero-order chi connectivity index (χ0) is 13.0. The van der Waals surface area contributed by atoms with Gasteiger partial charge in [0.2, 0.25) is 0 Å². The minimum atomic E-state index is 0.594. The van der Waals surface area contributed by atoms with Gasteiger partial charge in [0, 0.05) is 25.7 Å². The summed E-state index contributed by atoms with van der Waals surface area (Å²) in [6.45, 7) is 12.1. The third-order valence-corrected chi connectivity index (χ3v) is 3.64. The van der Waals surface area contributed by atoms with Crippen molar-refractivity contribution in [1.29, 1.82) is 0 Å². The average Bonchev–Trinajstić information content (AvgIpc) is 2.64. The van der Waals surface area contributed by atoms with Gasteiger partial charge in [0.1, 0.15) is 0 Å². The van der Waals surface area contributed by atoms with Gasteiger partial charge < -0.3 is 5.32 Å². The molecule has 1 aliphatic heterocycles. The lowest BCUT2D eigenvalue weighted by atomic mass is 10.2. The van der Waals surface area contributed by atoms with Crippen molar-refractivity contribution in [1.82, 2.24) is 20.0 Å². The summed E-state index contributed by atoms with van der Waals surface area (Å²) in [6, 6.07) is 2.86. The Labute approximate surface area is 110 Å². The second-order valence-corrected chi connectivity index (χ2v) is 5.24. The summed E-state index contributed by atoms with van der Waals surface area (Å²) < 4.78 is 2.15. The van der Waals surface area contributed by atoms with Gasteiger partial charge in [0.15, 0.2) is 0 Å². The van der Waals surface area contributed by atoms with Gasteiger partial charge >= 0.3 is 0 Å². The first-order chi connectivity index (χ1) is 8.72. The molecule has 4 nitrogen and oxygen atoms in total. The topological polar surface area (TPSA) is 33.1 Å². The summed E-state index contributed by atoms with van der Waals surface area (Å²) in [6.07, 6.45) is 2.27. The van der Waals surface area contributed by atoms with E-state index < -0.39 is 0 Å². The van der Waals surface area contributed by atoms with Gasteiger partial charge in [-0.25, -0.2) is 0 Å². The number of nitrogens with zero attached hydrogens (tertiary/aromatic N) is 3. The minimum Gasteiger partial charge on any atom is -0.313 e. The van der Waals surface area contributed by atoms with Crippen LogP contribution >= 0.6 is 0 Å². The fourth-order valence-corrected chi connectivity index (χ4v) is 2.66. The molecule has 0 bridgehead atoms. The standard InChI is InChI=1S/C14H26N4/c1-4-13-9-14(18(5-2)16-13)11-17-8-6-7-15-12(3)10-17/h9,12,15H,4-8,10-11H2,1-3H3. The van der Waals surface area contributed by atoms with Crippen molar-refractivity contribution in [2.24, 2.45) is 0 Å². The van der Waals surface area contributed by atoms with Gasteiger partial charge in [-0.05, 0) is 45.8 Å². The Bertz CT molecular complexity index is 372. The van der Waals surface area contributed by atoms with E-state index >= 15 is 0 Å². The Morgan fingerprint density at radius 2 is 2.28 bits per heavy atom. The summed E-state index contributed by atoms with van der Waals surface area (Å²) in [5, 5.41) is 8.17. The molecule has 1 saturated heterocycles. The van der Waals surface area contributed by atoms with Crippen LogP contribution in [0.2, 0.25) is 0 Å². The molecular weight excluding hydrogens is 224 g/mol. The Kier molecular flexibility index (Phi) is 4.78.